The van der Waals surface area contributed by atoms with Gasteiger partial charge >= 0.3 is 0 Å². The van der Waals surface area contributed by atoms with Crippen molar-refractivity contribution in [2.45, 2.75) is 13.0 Å². The molecule has 0 aromatic carbocycles. The number of halogens is 1. The van der Waals surface area contributed by atoms with Crippen LogP contribution in [0.1, 0.15) is 6.92 Å². The lowest BCUT2D eigenvalue weighted by atomic mass is 10.0. The third-order valence-electron chi connectivity index (χ3n) is 3.79. The normalized spacial score (nSPS) is 25.4. The van der Waals surface area contributed by atoms with Crippen LogP contribution in [0.15, 0.2) is 0 Å². The Morgan fingerprint density at radius 1 is 1.39 bits per heavy atom. The number of ether oxygens (including phenoxy) is 1. The van der Waals surface area contributed by atoms with E-state index in [9.17, 15) is 4.79 Å². The Morgan fingerprint density at radius 3 is 2.61 bits per heavy atom. The van der Waals surface area contributed by atoms with Crippen molar-refractivity contribution in [1.82, 2.24) is 15.1 Å². The van der Waals surface area contributed by atoms with Gasteiger partial charge in [0.15, 0.2) is 0 Å². The minimum absolute atomic E-state index is 0. The van der Waals surface area contributed by atoms with E-state index in [0.29, 0.717) is 11.9 Å². The van der Waals surface area contributed by atoms with Crippen LogP contribution >= 0.6 is 12.4 Å². The van der Waals surface area contributed by atoms with Crippen molar-refractivity contribution in [3.63, 3.8) is 0 Å². The second-order valence-corrected chi connectivity index (χ2v) is 5.02. The molecule has 2 heterocycles. The van der Waals surface area contributed by atoms with E-state index in [2.05, 4.69) is 17.1 Å². The maximum atomic E-state index is 12.1. The molecule has 0 aliphatic carbocycles. The molecule has 2 saturated heterocycles. The van der Waals surface area contributed by atoms with E-state index in [0.717, 1.165) is 45.9 Å². The van der Waals surface area contributed by atoms with E-state index in [1.807, 2.05) is 4.90 Å². The highest BCUT2D eigenvalue weighted by molar-refractivity contribution is 5.85. The maximum absolute atomic E-state index is 12.1. The highest BCUT2D eigenvalue weighted by Gasteiger charge is 2.33. The zero-order chi connectivity index (χ0) is 12.3. The molecule has 2 aliphatic heterocycles. The molecule has 6 heteroatoms. The summed E-state index contributed by atoms with van der Waals surface area (Å²) in [6.45, 7) is 8.33. The molecule has 1 amide bonds. The van der Waals surface area contributed by atoms with Gasteiger partial charge in [-0.2, -0.15) is 0 Å². The van der Waals surface area contributed by atoms with Crippen LogP contribution in [0.2, 0.25) is 0 Å². The summed E-state index contributed by atoms with van der Waals surface area (Å²) < 4.78 is 5.10. The number of rotatable bonds is 4. The summed E-state index contributed by atoms with van der Waals surface area (Å²) in [5.74, 6) is 0.565. The largest absolute Gasteiger partial charge is 0.383 e. The van der Waals surface area contributed by atoms with Crippen LogP contribution in [0.3, 0.4) is 0 Å². The lowest BCUT2D eigenvalue weighted by Crippen LogP contribution is -2.59. The molecule has 1 N–H and O–H groups in total. The molecule has 2 rings (SSSR count). The van der Waals surface area contributed by atoms with Gasteiger partial charge < -0.3 is 15.0 Å². The van der Waals surface area contributed by atoms with Gasteiger partial charge in [-0.15, -0.1) is 12.4 Å². The first kappa shape index (κ1) is 15.7. The Labute approximate surface area is 115 Å². The predicted molar refractivity (Wildman–Crippen MR) is 73.1 cm³/mol. The summed E-state index contributed by atoms with van der Waals surface area (Å²) in [6, 6.07) is 0.441. The topological polar surface area (TPSA) is 44.8 Å². The lowest BCUT2D eigenvalue weighted by Gasteiger charge is -2.42. The zero-order valence-corrected chi connectivity index (χ0v) is 12.0. The summed E-state index contributed by atoms with van der Waals surface area (Å²) >= 11 is 0. The molecular formula is C12H24ClN3O2. The fourth-order valence-electron chi connectivity index (χ4n) is 2.46. The van der Waals surface area contributed by atoms with Gasteiger partial charge in [-0.25, -0.2) is 0 Å². The van der Waals surface area contributed by atoms with Gasteiger partial charge in [-0.1, -0.05) is 0 Å². The fourth-order valence-corrected chi connectivity index (χ4v) is 2.46. The second-order valence-electron chi connectivity index (χ2n) is 5.02. The molecule has 1 atom stereocenters. The molecule has 1 unspecified atom stereocenters. The average molecular weight is 278 g/mol. The van der Waals surface area contributed by atoms with Crippen LogP contribution in [-0.2, 0) is 9.53 Å². The van der Waals surface area contributed by atoms with Crippen molar-refractivity contribution in [2.24, 2.45) is 5.92 Å². The summed E-state index contributed by atoms with van der Waals surface area (Å²) in [5, 5.41) is 3.15. The average Bonchev–Trinajstić information content (AvgIpc) is 2.25. The predicted octanol–water partition coefficient (Wildman–Crippen LogP) is -0.193. The lowest BCUT2D eigenvalue weighted by molar-refractivity contribution is -0.140. The minimum atomic E-state index is 0. The van der Waals surface area contributed by atoms with Crippen LogP contribution in [0.4, 0.5) is 0 Å². The molecule has 0 aromatic rings. The zero-order valence-electron chi connectivity index (χ0n) is 11.2. The summed E-state index contributed by atoms with van der Waals surface area (Å²) in [6.07, 6.45) is 0. The van der Waals surface area contributed by atoms with Crippen LogP contribution in [0.5, 0.6) is 0 Å². The molecule has 0 bridgehead atoms. The summed E-state index contributed by atoms with van der Waals surface area (Å²) in [7, 11) is 1.73. The van der Waals surface area contributed by atoms with E-state index in [1.54, 1.807) is 7.11 Å². The molecule has 0 spiro atoms. The van der Waals surface area contributed by atoms with Crippen LogP contribution < -0.4 is 5.32 Å². The summed E-state index contributed by atoms with van der Waals surface area (Å²) in [4.78, 5) is 16.5. The number of methoxy groups -OCH3 is 1. The Balaban J connectivity index is 0.00000162. The van der Waals surface area contributed by atoms with Crippen molar-refractivity contribution in [2.75, 3.05) is 53.0 Å². The maximum Gasteiger partial charge on any atom is 0.228 e. The monoisotopic (exact) mass is 277 g/mol. The van der Waals surface area contributed by atoms with Gasteiger partial charge in [0.05, 0.1) is 12.5 Å². The third kappa shape index (κ3) is 3.57. The number of hydrogen-bond donors (Lipinski definition) is 1. The van der Waals surface area contributed by atoms with Crippen molar-refractivity contribution in [1.29, 1.82) is 0 Å². The van der Waals surface area contributed by atoms with Crippen LogP contribution in [0, 0.1) is 5.92 Å². The standard InChI is InChI=1S/C12H23N3O2.ClH/c1-10-9-15(12(16)11-7-13-8-11)4-3-14(10)5-6-17-2;/h10-11,13H,3-9H2,1-2H3;1H. The first-order valence-corrected chi connectivity index (χ1v) is 6.45. The van der Waals surface area contributed by atoms with Crippen LogP contribution in [-0.4, -0.2) is 74.7 Å². The van der Waals surface area contributed by atoms with Gasteiger partial charge in [0.2, 0.25) is 5.91 Å². The Morgan fingerprint density at radius 2 is 2.11 bits per heavy atom. The van der Waals surface area contributed by atoms with Gasteiger partial charge in [-0.3, -0.25) is 9.69 Å². The van der Waals surface area contributed by atoms with Gasteiger partial charge in [0.1, 0.15) is 0 Å². The van der Waals surface area contributed by atoms with Crippen molar-refractivity contribution >= 4 is 18.3 Å². The molecule has 0 saturated carbocycles. The smallest absolute Gasteiger partial charge is 0.228 e. The molecule has 2 aliphatic rings. The second kappa shape index (κ2) is 7.28. The highest BCUT2D eigenvalue weighted by atomic mass is 35.5. The van der Waals surface area contributed by atoms with E-state index >= 15 is 0 Å². The number of hydrogen-bond acceptors (Lipinski definition) is 4. The Bertz CT molecular complexity index is 274. The Kier molecular flexibility index (Phi) is 6.35. The number of carbonyl (C=O) groups is 1. The fraction of sp³-hybridized carbons (Fsp3) is 0.917. The first-order chi connectivity index (χ1) is 8.22. The number of carbonyl (C=O) groups excluding carboxylic acids is 1. The molecule has 0 radical (unpaired) electrons. The van der Waals surface area contributed by atoms with Gasteiger partial charge in [0, 0.05) is 52.4 Å². The van der Waals surface area contributed by atoms with E-state index in [4.69, 9.17) is 4.74 Å². The molecule has 106 valence electrons. The Hall–Kier alpha value is -0.360. The van der Waals surface area contributed by atoms with E-state index < -0.39 is 0 Å². The molecule has 0 aromatic heterocycles. The minimum Gasteiger partial charge on any atom is -0.383 e. The number of piperazine rings is 1. The first-order valence-electron chi connectivity index (χ1n) is 6.45. The van der Waals surface area contributed by atoms with Crippen molar-refractivity contribution in [3.8, 4) is 0 Å². The van der Waals surface area contributed by atoms with E-state index in [-0.39, 0.29) is 18.3 Å². The molecule has 18 heavy (non-hydrogen) atoms. The summed E-state index contributed by atoms with van der Waals surface area (Å²) in [5.41, 5.74) is 0. The SMILES string of the molecule is COCCN1CCN(C(=O)C2CNC2)CC1C.Cl. The highest BCUT2D eigenvalue weighted by Crippen LogP contribution is 2.14. The number of nitrogens with zero attached hydrogens (tertiary/aromatic N) is 2. The van der Waals surface area contributed by atoms with Crippen LogP contribution in [0.25, 0.3) is 0 Å². The van der Waals surface area contributed by atoms with Gasteiger partial charge in [0.25, 0.3) is 0 Å². The van der Waals surface area contributed by atoms with Gasteiger partial charge in [-0.05, 0) is 6.92 Å². The van der Waals surface area contributed by atoms with E-state index in [1.165, 1.54) is 0 Å². The third-order valence-corrected chi connectivity index (χ3v) is 3.79. The molecule has 5 nitrogen and oxygen atoms in total. The number of nitrogens with one attached hydrogen (secondary N) is 1. The quantitative estimate of drug-likeness (QED) is 0.774. The molecular weight excluding hydrogens is 254 g/mol. The van der Waals surface area contributed by atoms with Crippen molar-refractivity contribution in [3.05, 3.63) is 0 Å². The molecule has 2 fully saturated rings. The van der Waals surface area contributed by atoms with Crippen molar-refractivity contribution < 1.29 is 9.53 Å². The number of amides is 1.